The molecule has 130 valence electrons. The molecular weight excluding hydrogens is 330 g/mol. The minimum atomic E-state index is -0.544. The van der Waals surface area contributed by atoms with Crippen molar-refractivity contribution in [1.82, 2.24) is 5.32 Å². The second kappa shape index (κ2) is 8.14. The predicted octanol–water partition coefficient (Wildman–Crippen LogP) is 2.27. The van der Waals surface area contributed by atoms with Crippen molar-refractivity contribution in [2.75, 3.05) is 5.75 Å². The lowest BCUT2D eigenvalue weighted by atomic mass is 10.1. The van der Waals surface area contributed by atoms with Crippen LogP contribution in [-0.2, 0) is 4.79 Å². The van der Waals surface area contributed by atoms with E-state index in [1.165, 1.54) is 17.8 Å². The molecule has 24 heavy (non-hydrogen) atoms. The molecule has 2 rings (SSSR count). The third-order valence-corrected chi connectivity index (χ3v) is 4.74. The number of nitrogens with one attached hydrogen (secondary N) is 1. The Morgan fingerprint density at radius 3 is 2.96 bits per heavy atom. The summed E-state index contributed by atoms with van der Waals surface area (Å²) in [5.74, 6) is 0.717. The van der Waals surface area contributed by atoms with Crippen molar-refractivity contribution in [3.63, 3.8) is 0 Å². The standard InChI is InChI=1S/C16H21N3O4S/c1-4-5-11(13-6-9(2)7-14(20)23-13)17-15(21)12-8-24-16(18-12)10(3)19-22/h6-7,11-12,22H,4-5,8H2,1-3H3,(H,17,21)/b19-10+. The maximum Gasteiger partial charge on any atom is 0.336 e. The van der Waals surface area contributed by atoms with Gasteiger partial charge in [0.1, 0.15) is 22.6 Å². The first-order valence-corrected chi connectivity index (χ1v) is 8.74. The van der Waals surface area contributed by atoms with E-state index in [2.05, 4.69) is 15.5 Å². The zero-order valence-electron chi connectivity index (χ0n) is 13.9. The second-order valence-electron chi connectivity index (χ2n) is 5.65. The number of thioether (sulfide) groups is 1. The van der Waals surface area contributed by atoms with Crippen molar-refractivity contribution < 1.29 is 14.4 Å². The van der Waals surface area contributed by atoms with Crippen LogP contribution in [0, 0.1) is 6.92 Å². The molecular formula is C16H21N3O4S. The number of hydrogen-bond donors (Lipinski definition) is 2. The highest BCUT2D eigenvalue weighted by molar-refractivity contribution is 8.16. The Morgan fingerprint density at radius 2 is 2.33 bits per heavy atom. The monoisotopic (exact) mass is 351 g/mol. The number of carbonyl (C=O) groups is 1. The molecule has 2 heterocycles. The van der Waals surface area contributed by atoms with Gasteiger partial charge in [0.25, 0.3) is 0 Å². The number of hydrogen-bond acceptors (Lipinski definition) is 7. The Morgan fingerprint density at radius 1 is 1.58 bits per heavy atom. The molecule has 2 atom stereocenters. The number of nitrogens with zero attached hydrogens (tertiary/aromatic N) is 2. The summed E-state index contributed by atoms with van der Waals surface area (Å²) in [6.45, 7) is 5.44. The number of oxime groups is 1. The highest BCUT2D eigenvalue weighted by Crippen LogP contribution is 2.22. The molecule has 0 radical (unpaired) electrons. The van der Waals surface area contributed by atoms with Crippen LogP contribution < -0.4 is 10.9 Å². The zero-order chi connectivity index (χ0) is 17.7. The van der Waals surface area contributed by atoms with Crippen LogP contribution in [0.3, 0.4) is 0 Å². The van der Waals surface area contributed by atoms with E-state index in [1.54, 1.807) is 13.0 Å². The molecule has 0 bridgehead atoms. The van der Waals surface area contributed by atoms with Gasteiger partial charge in [0, 0.05) is 11.8 Å². The SMILES string of the molecule is CCCC(NC(=O)C1CSC(/C(C)=N/O)=N1)c1cc(C)cc(=O)o1. The Hall–Kier alpha value is -2.09. The molecule has 0 saturated heterocycles. The molecule has 2 N–H and O–H groups in total. The average Bonchev–Trinajstić information content (AvgIpc) is 3.02. The number of rotatable bonds is 6. The van der Waals surface area contributed by atoms with Crippen molar-refractivity contribution in [3.8, 4) is 0 Å². The minimum absolute atomic E-state index is 0.231. The molecule has 1 amide bonds. The first-order valence-electron chi connectivity index (χ1n) is 7.76. The van der Waals surface area contributed by atoms with Crippen LogP contribution in [0.4, 0.5) is 0 Å². The maximum absolute atomic E-state index is 12.5. The van der Waals surface area contributed by atoms with Gasteiger partial charge in [0.05, 0.1) is 6.04 Å². The van der Waals surface area contributed by atoms with Gasteiger partial charge in [-0.15, -0.1) is 11.8 Å². The maximum atomic E-state index is 12.5. The van der Waals surface area contributed by atoms with Crippen LogP contribution in [0.5, 0.6) is 0 Å². The van der Waals surface area contributed by atoms with E-state index in [9.17, 15) is 9.59 Å². The molecule has 1 aliphatic heterocycles. The lowest BCUT2D eigenvalue weighted by molar-refractivity contribution is -0.122. The van der Waals surface area contributed by atoms with Gasteiger partial charge in [-0.1, -0.05) is 18.5 Å². The normalized spacial score (nSPS) is 19.0. The minimum Gasteiger partial charge on any atom is -0.426 e. The van der Waals surface area contributed by atoms with Crippen LogP contribution in [0.1, 0.15) is 44.1 Å². The van der Waals surface area contributed by atoms with E-state index in [1.807, 2.05) is 13.8 Å². The molecule has 1 aliphatic rings. The van der Waals surface area contributed by atoms with E-state index < -0.39 is 11.7 Å². The summed E-state index contributed by atoms with van der Waals surface area (Å²) in [6.07, 6.45) is 1.48. The highest BCUT2D eigenvalue weighted by Gasteiger charge is 2.28. The van der Waals surface area contributed by atoms with Crippen molar-refractivity contribution in [2.45, 2.75) is 45.7 Å². The number of aliphatic imine (C=N–C) groups is 1. The summed E-state index contributed by atoms with van der Waals surface area (Å²) in [4.78, 5) is 28.3. The average molecular weight is 351 g/mol. The summed E-state index contributed by atoms with van der Waals surface area (Å²) >= 11 is 1.38. The van der Waals surface area contributed by atoms with Gasteiger partial charge >= 0.3 is 5.63 Å². The zero-order valence-corrected chi connectivity index (χ0v) is 14.7. The van der Waals surface area contributed by atoms with E-state index in [-0.39, 0.29) is 11.9 Å². The van der Waals surface area contributed by atoms with Crippen molar-refractivity contribution in [3.05, 3.63) is 33.9 Å². The van der Waals surface area contributed by atoms with E-state index in [4.69, 9.17) is 9.62 Å². The fraction of sp³-hybridized carbons (Fsp3) is 0.500. The third-order valence-electron chi connectivity index (χ3n) is 3.58. The molecule has 8 heteroatoms. The van der Waals surface area contributed by atoms with E-state index >= 15 is 0 Å². The van der Waals surface area contributed by atoms with Crippen LogP contribution >= 0.6 is 11.8 Å². The first-order chi connectivity index (χ1) is 11.4. The van der Waals surface area contributed by atoms with Crippen molar-refractivity contribution >= 4 is 28.4 Å². The van der Waals surface area contributed by atoms with Gasteiger partial charge in [-0.25, -0.2) is 4.79 Å². The molecule has 0 fully saturated rings. The molecule has 1 aromatic rings. The smallest absolute Gasteiger partial charge is 0.336 e. The largest absolute Gasteiger partial charge is 0.426 e. The molecule has 0 aromatic carbocycles. The fourth-order valence-electron chi connectivity index (χ4n) is 2.39. The van der Waals surface area contributed by atoms with Crippen LogP contribution in [0.25, 0.3) is 0 Å². The van der Waals surface area contributed by atoms with Gasteiger partial charge < -0.3 is 14.9 Å². The quantitative estimate of drug-likeness (QED) is 0.465. The molecule has 0 spiro atoms. The Labute approximate surface area is 144 Å². The van der Waals surface area contributed by atoms with Gasteiger partial charge in [-0.05, 0) is 31.9 Å². The Kier molecular flexibility index (Phi) is 6.19. The second-order valence-corrected chi connectivity index (χ2v) is 6.66. The summed E-state index contributed by atoms with van der Waals surface area (Å²) in [5.41, 5.74) is 0.764. The first kappa shape index (κ1) is 18.3. The number of carbonyl (C=O) groups excluding carboxylic acids is 1. The van der Waals surface area contributed by atoms with Crippen LogP contribution in [-0.4, -0.2) is 33.7 Å². The van der Waals surface area contributed by atoms with Gasteiger partial charge in [-0.3, -0.25) is 9.79 Å². The lowest BCUT2D eigenvalue weighted by Gasteiger charge is -2.18. The summed E-state index contributed by atoms with van der Waals surface area (Å²) in [7, 11) is 0. The molecule has 0 saturated carbocycles. The molecule has 7 nitrogen and oxygen atoms in total. The summed E-state index contributed by atoms with van der Waals surface area (Å²) < 4.78 is 5.25. The number of amides is 1. The molecule has 0 aliphatic carbocycles. The predicted molar refractivity (Wildman–Crippen MR) is 94.1 cm³/mol. The number of aryl methyl sites for hydroxylation is 1. The van der Waals surface area contributed by atoms with Gasteiger partial charge in [-0.2, -0.15) is 0 Å². The van der Waals surface area contributed by atoms with Gasteiger partial charge in [0.15, 0.2) is 0 Å². The topological polar surface area (TPSA) is 104 Å². The van der Waals surface area contributed by atoms with Crippen LogP contribution in [0.15, 0.2) is 31.5 Å². The van der Waals surface area contributed by atoms with Crippen LogP contribution in [0.2, 0.25) is 0 Å². The van der Waals surface area contributed by atoms with Crippen molar-refractivity contribution in [2.24, 2.45) is 10.1 Å². The summed E-state index contributed by atoms with van der Waals surface area (Å²) in [5, 5.41) is 15.4. The van der Waals surface area contributed by atoms with Gasteiger partial charge in [0.2, 0.25) is 5.91 Å². The highest BCUT2D eigenvalue weighted by atomic mass is 32.2. The molecule has 2 unspecified atom stereocenters. The molecule has 1 aromatic heterocycles. The summed E-state index contributed by atoms with van der Waals surface area (Å²) in [6, 6.07) is 2.27. The Bertz CT molecular complexity index is 726. The van der Waals surface area contributed by atoms with Crippen molar-refractivity contribution in [1.29, 1.82) is 0 Å². The lowest BCUT2D eigenvalue weighted by Crippen LogP contribution is -2.37. The van der Waals surface area contributed by atoms with E-state index in [0.29, 0.717) is 28.7 Å². The Balaban J connectivity index is 2.15. The third kappa shape index (κ3) is 4.47. The van der Waals surface area contributed by atoms with E-state index in [0.717, 1.165) is 12.0 Å². The fourth-order valence-corrected chi connectivity index (χ4v) is 3.38.